The number of aliphatic hydroxyl groups is 7. The molecule has 0 aromatic rings. The van der Waals surface area contributed by atoms with Crippen LogP contribution < -0.4 is 0 Å². The molecule has 17 atom stereocenters. The molecule has 13 heteroatoms. The first-order valence-corrected chi connectivity index (χ1v) is 17.4. The highest BCUT2D eigenvalue weighted by atomic mass is 16.7. The van der Waals surface area contributed by atoms with Gasteiger partial charge in [0.05, 0.1) is 30.3 Å². The number of hydrogen-bond donors (Lipinski definition) is 7. The van der Waals surface area contributed by atoms with Crippen molar-refractivity contribution < 1.29 is 64.3 Å². The van der Waals surface area contributed by atoms with Crippen LogP contribution in [0.15, 0.2) is 11.6 Å². The number of allylic oxidation sites excluding steroid dienone is 1. The summed E-state index contributed by atoms with van der Waals surface area (Å²) in [5.41, 5.74) is -4.47. The quantitative estimate of drug-likeness (QED) is 0.175. The van der Waals surface area contributed by atoms with E-state index in [1.54, 1.807) is 13.8 Å². The number of aliphatic hydroxyl groups excluding tert-OH is 5. The minimum absolute atomic E-state index is 0.0339. The van der Waals surface area contributed by atoms with Crippen LogP contribution in [-0.4, -0.2) is 120 Å². The van der Waals surface area contributed by atoms with Gasteiger partial charge in [0, 0.05) is 29.6 Å². The van der Waals surface area contributed by atoms with Crippen LogP contribution in [0.3, 0.4) is 0 Å². The number of rotatable bonds is 7. The average molecular weight is 681 g/mol. The van der Waals surface area contributed by atoms with Crippen molar-refractivity contribution in [2.75, 3.05) is 6.61 Å². The highest BCUT2D eigenvalue weighted by molar-refractivity contribution is 5.95. The van der Waals surface area contributed by atoms with Gasteiger partial charge in [0.25, 0.3) is 0 Å². The van der Waals surface area contributed by atoms with Gasteiger partial charge in [0.2, 0.25) is 0 Å². The molecule has 0 radical (unpaired) electrons. The first-order chi connectivity index (χ1) is 22.3. The summed E-state index contributed by atoms with van der Waals surface area (Å²) in [6.45, 7) is 8.15. The second kappa shape index (κ2) is 12.2. The van der Waals surface area contributed by atoms with E-state index in [4.69, 9.17) is 14.2 Å². The van der Waals surface area contributed by atoms with E-state index in [0.717, 1.165) is 0 Å². The zero-order valence-electron chi connectivity index (χ0n) is 28.3. The van der Waals surface area contributed by atoms with E-state index >= 15 is 0 Å². The van der Waals surface area contributed by atoms with Crippen molar-refractivity contribution in [3.63, 3.8) is 0 Å². The summed E-state index contributed by atoms with van der Waals surface area (Å²) >= 11 is 0. The fourth-order valence-electron chi connectivity index (χ4n) is 10.7. The number of carbonyl (C=O) groups excluding carboxylic acids is 3. The van der Waals surface area contributed by atoms with Crippen LogP contribution in [-0.2, 0) is 28.6 Å². The first kappa shape index (κ1) is 36.0. The van der Waals surface area contributed by atoms with Crippen LogP contribution in [0.2, 0.25) is 0 Å². The molecule has 2 heterocycles. The summed E-state index contributed by atoms with van der Waals surface area (Å²) in [5.74, 6) is -3.33. The fourth-order valence-corrected chi connectivity index (χ4v) is 10.7. The average Bonchev–Trinajstić information content (AvgIpc) is 3.45. The van der Waals surface area contributed by atoms with Crippen LogP contribution in [0, 0.1) is 40.4 Å². The van der Waals surface area contributed by atoms with Crippen molar-refractivity contribution in [3.8, 4) is 0 Å². The third-order valence-corrected chi connectivity index (χ3v) is 13.8. The number of fused-ring (bicyclic) bond motifs is 5. The summed E-state index contributed by atoms with van der Waals surface area (Å²) in [5, 5.41) is 76.3. The van der Waals surface area contributed by atoms with Gasteiger partial charge in [-0.2, -0.15) is 0 Å². The van der Waals surface area contributed by atoms with Crippen molar-refractivity contribution in [1.29, 1.82) is 0 Å². The van der Waals surface area contributed by atoms with E-state index in [1.807, 2.05) is 13.8 Å². The van der Waals surface area contributed by atoms with Gasteiger partial charge in [-0.25, -0.2) is 0 Å². The number of carbonyl (C=O) groups is 3. The summed E-state index contributed by atoms with van der Waals surface area (Å²) in [6.07, 6.45) is -6.75. The molecule has 0 bridgehead atoms. The van der Waals surface area contributed by atoms with E-state index < -0.39 is 101 Å². The second-order valence-corrected chi connectivity index (χ2v) is 16.3. The lowest BCUT2D eigenvalue weighted by molar-refractivity contribution is -0.323. The minimum Gasteiger partial charge on any atom is -0.462 e. The van der Waals surface area contributed by atoms with E-state index in [9.17, 15) is 50.1 Å². The molecule has 0 spiro atoms. The Morgan fingerprint density at radius 3 is 2.35 bits per heavy atom. The molecule has 2 saturated heterocycles. The molecule has 6 rings (SSSR count). The predicted molar refractivity (Wildman–Crippen MR) is 166 cm³/mol. The van der Waals surface area contributed by atoms with Gasteiger partial charge in [-0.15, -0.1) is 0 Å². The molecular weight excluding hydrogens is 628 g/mol. The summed E-state index contributed by atoms with van der Waals surface area (Å²) < 4.78 is 16.9. The number of ether oxygens (including phenoxy) is 3. The molecule has 0 aromatic heterocycles. The zero-order chi connectivity index (χ0) is 35.3. The molecule has 5 fully saturated rings. The first-order valence-electron chi connectivity index (χ1n) is 17.4. The summed E-state index contributed by atoms with van der Waals surface area (Å²) in [6, 6.07) is 0. The maximum Gasteiger partial charge on any atom is 0.309 e. The van der Waals surface area contributed by atoms with Crippen LogP contribution in [0.5, 0.6) is 0 Å². The molecule has 270 valence electrons. The molecule has 7 N–H and O–H groups in total. The highest BCUT2D eigenvalue weighted by Crippen LogP contribution is 2.68. The Morgan fingerprint density at radius 1 is 1.04 bits per heavy atom. The molecule has 17 unspecified atom stereocenters. The topological polar surface area (TPSA) is 221 Å². The second-order valence-electron chi connectivity index (χ2n) is 16.3. The Hall–Kier alpha value is -1.81. The molecule has 48 heavy (non-hydrogen) atoms. The normalized spacial score (nSPS) is 51.7. The van der Waals surface area contributed by atoms with Crippen molar-refractivity contribution in [1.82, 2.24) is 0 Å². The van der Waals surface area contributed by atoms with Gasteiger partial charge >= 0.3 is 5.97 Å². The zero-order valence-corrected chi connectivity index (χ0v) is 28.3. The van der Waals surface area contributed by atoms with E-state index in [2.05, 4.69) is 0 Å². The van der Waals surface area contributed by atoms with Crippen molar-refractivity contribution in [3.05, 3.63) is 11.6 Å². The third kappa shape index (κ3) is 5.18. The summed E-state index contributed by atoms with van der Waals surface area (Å²) in [4.78, 5) is 39.7. The maximum absolute atomic E-state index is 13.8. The molecule has 0 amide bonds. The molecular formula is C35H52O13. The summed E-state index contributed by atoms with van der Waals surface area (Å²) in [7, 11) is 0. The minimum atomic E-state index is -1.80. The van der Waals surface area contributed by atoms with Gasteiger partial charge in [-0.3, -0.25) is 14.4 Å². The van der Waals surface area contributed by atoms with Gasteiger partial charge in [0.15, 0.2) is 17.9 Å². The smallest absolute Gasteiger partial charge is 0.309 e. The van der Waals surface area contributed by atoms with Gasteiger partial charge in [0.1, 0.15) is 36.1 Å². The lowest BCUT2D eigenvalue weighted by Gasteiger charge is -2.60. The van der Waals surface area contributed by atoms with E-state index in [0.29, 0.717) is 24.8 Å². The number of Topliss-reactive ketones (excluding diaryl/α,β-unsaturated/α-hetero) is 1. The molecule has 0 aromatic carbocycles. The number of cyclic esters (lactones) is 1. The lowest BCUT2D eigenvalue weighted by Crippen LogP contribution is -2.64. The Bertz CT molecular complexity index is 1350. The van der Waals surface area contributed by atoms with Crippen molar-refractivity contribution in [2.24, 2.45) is 40.4 Å². The number of hydrogen-bond acceptors (Lipinski definition) is 13. The Labute approximate surface area is 280 Å². The fraction of sp³-hybridized carbons (Fsp3) is 0.857. The molecule has 6 aliphatic rings. The van der Waals surface area contributed by atoms with Crippen LogP contribution in [0.1, 0.15) is 79.6 Å². The van der Waals surface area contributed by atoms with Crippen LogP contribution in [0.25, 0.3) is 0 Å². The van der Waals surface area contributed by atoms with E-state index in [-0.39, 0.29) is 49.3 Å². The van der Waals surface area contributed by atoms with E-state index in [1.165, 1.54) is 13.0 Å². The maximum atomic E-state index is 13.8. The molecule has 2 aliphatic heterocycles. The third-order valence-electron chi connectivity index (χ3n) is 13.8. The monoisotopic (exact) mass is 680 g/mol. The van der Waals surface area contributed by atoms with Crippen molar-refractivity contribution >= 4 is 17.5 Å². The number of ketones is 2. The lowest BCUT2D eigenvalue weighted by atomic mass is 9.45. The predicted octanol–water partition coefficient (Wildman–Crippen LogP) is -0.0770. The van der Waals surface area contributed by atoms with Gasteiger partial charge in [-0.1, -0.05) is 20.8 Å². The Balaban J connectivity index is 1.24. The highest BCUT2D eigenvalue weighted by Gasteiger charge is 2.69. The standard InChI is InChI=1S/C35H52O13/c1-15-17(16(2)46-30(15)43)10-26(39)34(5,44)25-7-9-35(45)19-11-21(37)20-12-22(38)23(13-32(20,3)18(19)6-8-33(25,35)4)47-31-29(42)28(41)27(40)24(14-36)48-31/h11,15-18,20,22-25,27-29,31,36,38,40-42,44-45H,6-10,12-14H2,1-5H3. The number of esters is 1. The largest absolute Gasteiger partial charge is 0.462 e. The van der Waals surface area contributed by atoms with Gasteiger partial charge in [-0.05, 0) is 75.4 Å². The van der Waals surface area contributed by atoms with Crippen molar-refractivity contribution in [2.45, 2.75) is 140 Å². The molecule has 4 aliphatic carbocycles. The SMILES string of the molecule is CC1OC(=O)C(C)C1CC(=O)C(C)(O)C1CCC2(O)C3=CC(=O)C4CC(O)C(OC5OC(CO)C(O)C(O)C5O)CC4(C)C3CCC12C. The Kier molecular flexibility index (Phi) is 9.12. The Morgan fingerprint density at radius 2 is 1.73 bits per heavy atom. The molecule has 13 nitrogen and oxygen atoms in total. The van der Waals surface area contributed by atoms with Crippen LogP contribution in [0.4, 0.5) is 0 Å². The van der Waals surface area contributed by atoms with Crippen LogP contribution >= 0.6 is 0 Å². The molecule has 3 saturated carbocycles. The van der Waals surface area contributed by atoms with Gasteiger partial charge < -0.3 is 50.0 Å².